The quantitative estimate of drug-likeness (QED) is 0.277. The maximum absolute atomic E-state index is 5.84. The fourth-order valence-corrected chi connectivity index (χ4v) is 3.17. The first-order valence-corrected chi connectivity index (χ1v) is 10.2. The van der Waals surface area contributed by atoms with Crippen LogP contribution in [0.4, 0.5) is 0 Å². The summed E-state index contributed by atoms with van der Waals surface area (Å²) in [5, 5.41) is 0. The molecular formula is C24H36Na2O. The predicted octanol–water partition coefficient (Wildman–Crippen LogP) is 6.65. The van der Waals surface area contributed by atoms with Gasteiger partial charge >= 0.3 is 59.1 Å². The minimum atomic E-state index is 0. The Bertz CT molecular complexity index is 554. The Morgan fingerprint density at radius 1 is 0.556 bits per heavy atom. The van der Waals surface area contributed by atoms with E-state index in [0.29, 0.717) is 0 Å². The number of unbranched alkanes of at least 4 members (excludes halogenated alkanes) is 9. The molecule has 0 bridgehead atoms. The van der Waals surface area contributed by atoms with Crippen molar-refractivity contribution in [2.45, 2.75) is 77.6 Å². The third-order valence-corrected chi connectivity index (χ3v) is 4.72. The molecule has 2 aromatic carbocycles. The van der Waals surface area contributed by atoms with E-state index in [4.69, 9.17) is 4.74 Å². The zero-order valence-electron chi connectivity index (χ0n) is 15.9. The number of rotatable bonds is 13. The normalized spacial score (nSPS) is 9.96. The summed E-state index contributed by atoms with van der Waals surface area (Å²) < 4.78 is 5.84. The molecule has 140 valence electrons. The van der Waals surface area contributed by atoms with Crippen molar-refractivity contribution in [1.29, 1.82) is 0 Å². The van der Waals surface area contributed by atoms with E-state index in [9.17, 15) is 0 Å². The van der Waals surface area contributed by atoms with Gasteiger partial charge in [-0.1, -0.05) is 95.0 Å². The first-order chi connectivity index (χ1) is 12.4. The van der Waals surface area contributed by atoms with Gasteiger partial charge < -0.3 is 4.74 Å². The molecule has 0 aliphatic rings. The van der Waals surface area contributed by atoms with E-state index >= 15 is 0 Å². The van der Waals surface area contributed by atoms with Gasteiger partial charge in [-0.05, 0) is 42.7 Å². The SMILES string of the molecule is CCCCCCCCCCCCc1ccc(Oc2ccccc2)cc1.[NaH].[NaH]. The molecule has 0 saturated heterocycles. The van der Waals surface area contributed by atoms with Crippen molar-refractivity contribution in [2.75, 3.05) is 0 Å². The molecule has 0 unspecified atom stereocenters. The number of para-hydroxylation sites is 1. The summed E-state index contributed by atoms with van der Waals surface area (Å²) in [4.78, 5) is 0. The van der Waals surface area contributed by atoms with Crippen LogP contribution in [0.2, 0.25) is 0 Å². The Balaban J connectivity index is 0.00000338. The predicted molar refractivity (Wildman–Crippen MR) is 123 cm³/mol. The topological polar surface area (TPSA) is 9.23 Å². The molecule has 0 heterocycles. The Morgan fingerprint density at radius 3 is 1.59 bits per heavy atom. The number of ether oxygens (including phenoxy) is 1. The molecule has 0 spiro atoms. The fourth-order valence-electron chi connectivity index (χ4n) is 3.17. The van der Waals surface area contributed by atoms with Crippen LogP contribution in [-0.4, -0.2) is 59.1 Å². The van der Waals surface area contributed by atoms with E-state index in [-0.39, 0.29) is 59.1 Å². The van der Waals surface area contributed by atoms with E-state index in [2.05, 4.69) is 31.2 Å². The number of hydrogen-bond acceptors (Lipinski definition) is 1. The summed E-state index contributed by atoms with van der Waals surface area (Å²) >= 11 is 0. The van der Waals surface area contributed by atoms with Gasteiger partial charge in [-0.25, -0.2) is 0 Å². The first kappa shape index (κ1) is 27.2. The molecule has 0 aliphatic heterocycles. The third-order valence-electron chi connectivity index (χ3n) is 4.72. The molecule has 0 amide bonds. The number of hydrogen-bond donors (Lipinski definition) is 0. The molecule has 3 heteroatoms. The summed E-state index contributed by atoms with van der Waals surface area (Å²) in [7, 11) is 0. The molecule has 2 rings (SSSR count). The average molecular weight is 387 g/mol. The van der Waals surface area contributed by atoms with Crippen molar-refractivity contribution < 1.29 is 4.74 Å². The van der Waals surface area contributed by atoms with Gasteiger partial charge in [0, 0.05) is 0 Å². The summed E-state index contributed by atoms with van der Waals surface area (Å²) in [6.07, 6.45) is 15.1. The molecule has 27 heavy (non-hydrogen) atoms. The monoisotopic (exact) mass is 386 g/mol. The average Bonchev–Trinajstić information content (AvgIpc) is 2.65. The van der Waals surface area contributed by atoms with Gasteiger partial charge in [0.2, 0.25) is 0 Å². The zero-order chi connectivity index (χ0) is 17.6. The molecule has 0 atom stereocenters. The summed E-state index contributed by atoms with van der Waals surface area (Å²) in [6.45, 7) is 2.28. The van der Waals surface area contributed by atoms with Gasteiger partial charge in [-0.3, -0.25) is 0 Å². The van der Waals surface area contributed by atoms with Crippen LogP contribution in [0.1, 0.15) is 76.7 Å². The second kappa shape index (κ2) is 18.3. The van der Waals surface area contributed by atoms with E-state index in [1.165, 1.54) is 76.2 Å². The van der Waals surface area contributed by atoms with E-state index in [1.807, 2.05) is 30.3 Å². The maximum atomic E-state index is 5.84. The van der Waals surface area contributed by atoms with Gasteiger partial charge in [-0.15, -0.1) is 0 Å². The number of aryl methyl sites for hydroxylation is 1. The van der Waals surface area contributed by atoms with Gasteiger partial charge in [0.05, 0.1) is 0 Å². The van der Waals surface area contributed by atoms with Crippen molar-refractivity contribution in [3.8, 4) is 11.5 Å². The van der Waals surface area contributed by atoms with Gasteiger partial charge in [-0.2, -0.15) is 0 Å². The van der Waals surface area contributed by atoms with Crippen LogP contribution >= 0.6 is 0 Å². The zero-order valence-corrected chi connectivity index (χ0v) is 15.9. The Morgan fingerprint density at radius 2 is 1.04 bits per heavy atom. The van der Waals surface area contributed by atoms with Gasteiger partial charge in [0.25, 0.3) is 0 Å². The standard InChI is InChI=1S/C24H34O.2Na.2H/c1-2-3-4-5-6-7-8-9-10-12-15-22-18-20-24(21-19-22)25-23-16-13-11-14-17-23;;;;/h11,13-14,16-21H,2-10,12,15H2,1H3;;;;. The van der Waals surface area contributed by atoms with Crippen LogP contribution in [0, 0.1) is 0 Å². The molecule has 0 saturated carbocycles. The summed E-state index contributed by atoms with van der Waals surface area (Å²) in [5.74, 6) is 1.81. The Labute approximate surface area is 211 Å². The van der Waals surface area contributed by atoms with Crippen LogP contribution in [0.3, 0.4) is 0 Å². The van der Waals surface area contributed by atoms with Crippen LogP contribution in [0.25, 0.3) is 0 Å². The molecule has 2 aromatic rings. The van der Waals surface area contributed by atoms with Crippen molar-refractivity contribution in [2.24, 2.45) is 0 Å². The molecule has 0 aromatic heterocycles. The third kappa shape index (κ3) is 13.2. The van der Waals surface area contributed by atoms with Crippen molar-refractivity contribution in [1.82, 2.24) is 0 Å². The minimum absolute atomic E-state index is 0. The fraction of sp³-hybridized carbons (Fsp3) is 0.500. The van der Waals surface area contributed by atoms with Crippen LogP contribution in [-0.2, 0) is 6.42 Å². The van der Waals surface area contributed by atoms with Crippen LogP contribution in [0.15, 0.2) is 54.6 Å². The summed E-state index contributed by atoms with van der Waals surface area (Å²) in [5.41, 5.74) is 1.42. The second-order valence-corrected chi connectivity index (χ2v) is 6.99. The first-order valence-electron chi connectivity index (χ1n) is 10.2. The van der Waals surface area contributed by atoms with Crippen molar-refractivity contribution in [3.05, 3.63) is 60.2 Å². The number of benzene rings is 2. The van der Waals surface area contributed by atoms with Crippen LogP contribution < -0.4 is 4.74 Å². The van der Waals surface area contributed by atoms with E-state index in [0.717, 1.165) is 11.5 Å². The summed E-state index contributed by atoms with van der Waals surface area (Å²) in [6, 6.07) is 18.5. The van der Waals surface area contributed by atoms with Gasteiger partial charge in [0.15, 0.2) is 0 Å². The van der Waals surface area contributed by atoms with Crippen molar-refractivity contribution >= 4 is 59.1 Å². The van der Waals surface area contributed by atoms with Crippen LogP contribution in [0.5, 0.6) is 11.5 Å². The van der Waals surface area contributed by atoms with Crippen molar-refractivity contribution in [3.63, 3.8) is 0 Å². The second-order valence-electron chi connectivity index (χ2n) is 6.99. The molecule has 0 N–H and O–H groups in total. The van der Waals surface area contributed by atoms with E-state index in [1.54, 1.807) is 0 Å². The molecule has 1 nitrogen and oxygen atoms in total. The Hall–Kier alpha value is 0.240. The molecule has 0 fully saturated rings. The van der Waals surface area contributed by atoms with Gasteiger partial charge in [0.1, 0.15) is 11.5 Å². The molecule has 0 radical (unpaired) electrons. The Kier molecular flexibility index (Phi) is 18.4. The molecular weight excluding hydrogens is 350 g/mol. The molecule has 0 aliphatic carbocycles. The van der Waals surface area contributed by atoms with E-state index < -0.39 is 0 Å².